The van der Waals surface area contributed by atoms with Crippen molar-refractivity contribution in [2.24, 2.45) is 0 Å². The van der Waals surface area contributed by atoms with E-state index in [0.29, 0.717) is 11.3 Å². The van der Waals surface area contributed by atoms with Gasteiger partial charge in [0.1, 0.15) is 0 Å². The van der Waals surface area contributed by atoms with Gasteiger partial charge in [-0.15, -0.1) is 11.3 Å². The van der Waals surface area contributed by atoms with Gasteiger partial charge in [-0.2, -0.15) is 0 Å². The molecule has 108 valence electrons. The number of hydrogen-bond acceptors (Lipinski definition) is 4. The summed E-state index contributed by atoms with van der Waals surface area (Å²) in [7, 11) is 0. The summed E-state index contributed by atoms with van der Waals surface area (Å²) in [5.41, 5.74) is 1.20. The lowest BCUT2D eigenvalue weighted by Gasteiger charge is -2.13. The first kappa shape index (κ1) is 14.9. The van der Waals surface area contributed by atoms with E-state index in [4.69, 9.17) is 0 Å². The van der Waals surface area contributed by atoms with Crippen LogP contribution in [0.1, 0.15) is 22.3 Å². The minimum atomic E-state index is -1.10. The Bertz CT molecular complexity index is 665. The number of benzene rings is 1. The Morgan fingerprint density at radius 1 is 1.33 bits per heavy atom. The molecule has 0 aliphatic carbocycles. The quantitative estimate of drug-likeness (QED) is 0.831. The van der Waals surface area contributed by atoms with Crippen molar-refractivity contribution in [1.29, 1.82) is 0 Å². The van der Waals surface area contributed by atoms with Crippen molar-refractivity contribution < 1.29 is 14.7 Å². The number of aromatic nitrogens is 1. The Kier molecular flexibility index (Phi) is 4.84. The maximum atomic E-state index is 11.8. The zero-order valence-electron chi connectivity index (χ0n) is 11.3. The first-order valence-electron chi connectivity index (χ1n) is 6.24. The van der Waals surface area contributed by atoms with E-state index in [1.165, 1.54) is 17.4 Å². The third-order valence-electron chi connectivity index (χ3n) is 2.71. The Balaban J connectivity index is 2.05. The van der Waals surface area contributed by atoms with E-state index in [1.807, 2.05) is 12.3 Å². The number of carboxylic acids is 1. The van der Waals surface area contributed by atoms with E-state index in [1.54, 1.807) is 36.4 Å². The van der Waals surface area contributed by atoms with Gasteiger partial charge in [-0.3, -0.25) is 4.79 Å². The molecular weight excluding hydrogens is 288 g/mol. The third-order valence-corrected chi connectivity index (χ3v) is 3.50. The molecule has 0 spiro atoms. The molecule has 0 saturated heterocycles. The molecule has 5 nitrogen and oxygen atoms in total. The highest BCUT2D eigenvalue weighted by Crippen LogP contribution is 2.13. The highest BCUT2D eigenvalue weighted by atomic mass is 32.1. The molecule has 1 aromatic heterocycles. The van der Waals surface area contributed by atoms with Gasteiger partial charge < -0.3 is 10.4 Å². The molecule has 1 atom stereocenters. The molecule has 1 heterocycles. The summed E-state index contributed by atoms with van der Waals surface area (Å²) in [6.45, 7) is 1.87. The molecular formula is C15H14N2O3S. The van der Waals surface area contributed by atoms with Gasteiger partial charge in [-0.05, 0) is 18.6 Å². The smallest absolute Gasteiger partial charge is 0.330 e. The topological polar surface area (TPSA) is 79.3 Å². The fourth-order valence-corrected chi connectivity index (χ4v) is 2.32. The van der Waals surface area contributed by atoms with Crippen LogP contribution < -0.4 is 5.32 Å². The summed E-state index contributed by atoms with van der Waals surface area (Å²) in [6, 6.07) is 7.49. The Morgan fingerprint density at radius 3 is 2.62 bits per heavy atom. The van der Waals surface area contributed by atoms with Crippen molar-refractivity contribution >= 4 is 29.3 Å². The number of aryl methyl sites for hydroxylation is 1. The molecule has 2 aromatic rings. The maximum absolute atomic E-state index is 11.8. The lowest BCUT2D eigenvalue weighted by atomic mass is 10.1. The van der Waals surface area contributed by atoms with Crippen LogP contribution in [0.5, 0.6) is 0 Å². The van der Waals surface area contributed by atoms with Gasteiger partial charge in [0.2, 0.25) is 5.91 Å². The summed E-state index contributed by atoms with van der Waals surface area (Å²) in [5, 5.41) is 14.4. The third kappa shape index (κ3) is 4.25. The summed E-state index contributed by atoms with van der Waals surface area (Å²) in [4.78, 5) is 27.3. The molecule has 0 aliphatic heterocycles. The lowest BCUT2D eigenvalue weighted by molar-refractivity contribution is -0.141. The molecule has 1 aromatic carbocycles. The van der Waals surface area contributed by atoms with Crippen LogP contribution in [0.15, 0.2) is 41.8 Å². The maximum Gasteiger partial charge on any atom is 0.330 e. The van der Waals surface area contributed by atoms with E-state index in [9.17, 15) is 14.7 Å². The van der Waals surface area contributed by atoms with Crippen LogP contribution in [0.4, 0.5) is 0 Å². The van der Waals surface area contributed by atoms with Crippen molar-refractivity contribution in [2.75, 3.05) is 0 Å². The fourth-order valence-electron chi connectivity index (χ4n) is 1.74. The Morgan fingerprint density at radius 2 is 2.05 bits per heavy atom. The number of aliphatic carboxylic acids is 1. The Hall–Kier alpha value is -2.47. The molecule has 21 heavy (non-hydrogen) atoms. The number of nitrogens with one attached hydrogen (secondary N) is 1. The van der Waals surface area contributed by atoms with Crippen molar-refractivity contribution in [3.05, 3.63) is 58.1 Å². The monoisotopic (exact) mass is 302 g/mol. The van der Waals surface area contributed by atoms with E-state index in [-0.39, 0.29) is 0 Å². The van der Waals surface area contributed by atoms with Gasteiger partial charge in [-0.1, -0.05) is 30.3 Å². The van der Waals surface area contributed by atoms with E-state index in [2.05, 4.69) is 10.3 Å². The molecule has 0 radical (unpaired) electrons. The van der Waals surface area contributed by atoms with E-state index < -0.39 is 17.9 Å². The molecule has 0 unspecified atom stereocenters. The predicted octanol–water partition coefficient (Wildman–Crippen LogP) is 2.41. The minimum Gasteiger partial charge on any atom is -0.479 e. The molecule has 1 amide bonds. The van der Waals surface area contributed by atoms with Crippen molar-refractivity contribution in [3.63, 3.8) is 0 Å². The standard InChI is InChI=1S/C15H14N2O3S/c1-10-16-12(9-21-10)7-8-13(18)17-14(15(19)20)11-5-3-2-4-6-11/h2-9,14H,1H3,(H,17,18)(H,19,20)/b8-7+/t14-/m0/s1. The van der Waals surface area contributed by atoms with E-state index >= 15 is 0 Å². The van der Waals surface area contributed by atoms with Gasteiger partial charge in [-0.25, -0.2) is 9.78 Å². The normalized spacial score (nSPS) is 12.2. The molecule has 0 aliphatic rings. The molecule has 2 N–H and O–H groups in total. The fraction of sp³-hybridized carbons (Fsp3) is 0.133. The second-order valence-corrected chi connectivity index (χ2v) is 5.38. The number of amides is 1. The Labute approximate surface area is 126 Å². The molecule has 6 heteroatoms. The van der Waals surface area contributed by atoms with Gasteiger partial charge in [0, 0.05) is 11.5 Å². The number of nitrogens with zero attached hydrogens (tertiary/aromatic N) is 1. The van der Waals surface area contributed by atoms with Crippen molar-refractivity contribution in [2.45, 2.75) is 13.0 Å². The predicted molar refractivity (Wildman–Crippen MR) is 80.8 cm³/mol. The number of rotatable bonds is 5. The highest BCUT2D eigenvalue weighted by Gasteiger charge is 2.20. The number of thiazole rings is 1. The molecule has 0 saturated carbocycles. The number of carboxylic acid groups (broad SMARTS) is 1. The van der Waals surface area contributed by atoms with Crippen LogP contribution in [0.25, 0.3) is 6.08 Å². The van der Waals surface area contributed by atoms with Crippen LogP contribution in [0.3, 0.4) is 0 Å². The summed E-state index contributed by atoms with van der Waals surface area (Å²) < 4.78 is 0. The van der Waals surface area contributed by atoms with Gasteiger partial charge in [0.25, 0.3) is 0 Å². The zero-order chi connectivity index (χ0) is 15.2. The zero-order valence-corrected chi connectivity index (χ0v) is 12.1. The minimum absolute atomic E-state index is 0.475. The summed E-state index contributed by atoms with van der Waals surface area (Å²) in [5.74, 6) is -1.58. The number of carbonyl (C=O) groups excluding carboxylic acids is 1. The largest absolute Gasteiger partial charge is 0.479 e. The summed E-state index contributed by atoms with van der Waals surface area (Å²) >= 11 is 1.48. The number of carbonyl (C=O) groups is 2. The lowest BCUT2D eigenvalue weighted by Crippen LogP contribution is -2.32. The number of hydrogen-bond donors (Lipinski definition) is 2. The summed E-state index contributed by atoms with van der Waals surface area (Å²) in [6.07, 6.45) is 2.84. The SMILES string of the molecule is Cc1nc(/C=C/C(=O)N[C@H](C(=O)O)c2ccccc2)cs1. The van der Waals surface area contributed by atoms with Crippen LogP contribution in [-0.2, 0) is 9.59 Å². The molecule has 0 fully saturated rings. The van der Waals surface area contributed by atoms with Crippen molar-refractivity contribution in [3.8, 4) is 0 Å². The molecule has 0 bridgehead atoms. The van der Waals surface area contributed by atoms with Crippen molar-refractivity contribution in [1.82, 2.24) is 10.3 Å². The van der Waals surface area contributed by atoms with Gasteiger partial charge >= 0.3 is 5.97 Å². The van der Waals surface area contributed by atoms with Crippen LogP contribution in [-0.4, -0.2) is 22.0 Å². The average Bonchev–Trinajstić information content (AvgIpc) is 2.89. The van der Waals surface area contributed by atoms with Crippen LogP contribution in [0.2, 0.25) is 0 Å². The highest BCUT2D eigenvalue weighted by molar-refractivity contribution is 7.09. The molecule has 2 rings (SSSR count). The first-order valence-corrected chi connectivity index (χ1v) is 7.12. The van der Waals surface area contributed by atoms with E-state index in [0.717, 1.165) is 5.01 Å². The van der Waals surface area contributed by atoms with Crippen LogP contribution in [0, 0.1) is 6.92 Å². The van der Waals surface area contributed by atoms with Crippen LogP contribution >= 0.6 is 11.3 Å². The second kappa shape index (κ2) is 6.81. The first-order chi connectivity index (χ1) is 10.1. The average molecular weight is 302 g/mol. The second-order valence-electron chi connectivity index (χ2n) is 4.32. The van der Waals surface area contributed by atoms with Gasteiger partial charge in [0.15, 0.2) is 6.04 Å². The van der Waals surface area contributed by atoms with Gasteiger partial charge in [0.05, 0.1) is 10.7 Å².